The molecule has 0 fully saturated rings. The van der Waals surface area contributed by atoms with Crippen LogP contribution in [0.3, 0.4) is 0 Å². The summed E-state index contributed by atoms with van der Waals surface area (Å²) in [7, 11) is 1.42. The Hall–Kier alpha value is -1.64. The molecule has 0 spiro atoms. The minimum atomic E-state index is -1.43. The van der Waals surface area contributed by atoms with Crippen molar-refractivity contribution in [2.45, 2.75) is 31.4 Å². The van der Waals surface area contributed by atoms with E-state index >= 15 is 0 Å². The Morgan fingerprint density at radius 2 is 2.14 bits per heavy atom. The number of allylic oxidation sites excluding steroid dienone is 1. The Bertz CT molecular complexity index is 448. The van der Waals surface area contributed by atoms with Crippen molar-refractivity contribution in [3.63, 3.8) is 0 Å². The summed E-state index contributed by atoms with van der Waals surface area (Å²) >= 11 is 0. The summed E-state index contributed by atoms with van der Waals surface area (Å²) in [5.41, 5.74) is -0.682. The van der Waals surface area contributed by atoms with Crippen LogP contribution >= 0.6 is 0 Å². The second kappa shape index (κ2) is 7.39. The lowest BCUT2D eigenvalue weighted by Crippen LogP contribution is -2.44. The number of carbonyl (C=O) groups is 1. The highest BCUT2D eigenvalue weighted by Gasteiger charge is 2.37. The number of hydrogen-bond donors (Lipinski definition) is 5. The molecule has 0 saturated heterocycles. The predicted octanol–water partition coefficient (Wildman–Crippen LogP) is -1.14. The summed E-state index contributed by atoms with van der Waals surface area (Å²) in [4.78, 5) is 14.9. The second-order valence-corrected chi connectivity index (χ2v) is 5.10. The summed E-state index contributed by atoms with van der Waals surface area (Å²) < 4.78 is 5.25. The van der Waals surface area contributed by atoms with Gasteiger partial charge >= 0.3 is 5.97 Å². The molecule has 1 rings (SSSR count). The molecular formula is C13H22N2O6. The van der Waals surface area contributed by atoms with Gasteiger partial charge in [-0.15, -0.1) is 0 Å². The zero-order valence-electron chi connectivity index (χ0n) is 12.2. The normalized spacial score (nSPS) is 25.9. The van der Waals surface area contributed by atoms with Crippen molar-refractivity contribution in [2.75, 3.05) is 26.9 Å². The lowest BCUT2D eigenvalue weighted by atomic mass is 9.85. The molecule has 0 aromatic carbocycles. The van der Waals surface area contributed by atoms with Gasteiger partial charge in [0.2, 0.25) is 0 Å². The van der Waals surface area contributed by atoms with Gasteiger partial charge in [0.15, 0.2) is 5.76 Å². The van der Waals surface area contributed by atoms with Crippen LogP contribution in [0.2, 0.25) is 0 Å². The molecule has 8 heteroatoms. The van der Waals surface area contributed by atoms with E-state index in [1.54, 1.807) is 6.92 Å². The van der Waals surface area contributed by atoms with E-state index in [4.69, 9.17) is 14.9 Å². The molecule has 0 amide bonds. The molecule has 0 radical (unpaired) electrons. The van der Waals surface area contributed by atoms with Crippen molar-refractivity contribution >= 4 is 11.7 Å². The monoisotopic (exact) mass is 302 g/mol. The highest BCUT2D eigenvalue weighted by atomic mass is 16.5. The first kappa shape index (κ1) is 17.4. The van der Waals surface area contributed by atoms with Crippen molar-refractivity contribution in [1.82, 2.24) is 5.32 Å². The lowest BCUT2D eigenvalue weighted by Gasteiger charge is -2.34. The van der Waals surface area contributed by atoms with E-state index in [0.717, 1.165) is 0 Å². The topological polar surface area (TPSA) is 132 Å². The van der Waals surface area contributed by atoms with Crippen LogP contribution in [0.4, 0.5) is 0 Å². The highest BCUT2D eigenvalue weighted by molar-refractivity contribution is 6.00. The lowest BCUT2D eigenvalue weighted by molar-refractivity contribution is -0.135. The summed E-state index contributed by atoms with van der Waals surface area (Å²) in [6, 6.07) is -0.396. The summed E-state index contributed by atoms with van der Waals surface area (Å²) in [5.74, 6) is -0.715. The molecule has 0 heterocycles. The summed E-state index contributed by atoms with van der Waals surface area (Å²) in [6.07, 6.45) is 0.0990. The fourth-order valence-electron chi connectivity index (χ4n) is 2.13. The quantitative estimate of drug-likeness (QED) is 0.401. The molecule has 0 saturated carbocycles. The molecule has 0 aliphatic heterocycles. The average molecular weight is 302 g/mol. The van der Waals surface area contributed by atoms with E-state index in [2.05, 4.69) is 10.3 Å². The molecule has 21 heavy (non-hydrogen) atoms. The van der Waals surface area contributed by atoms with Crippen LogP contribution in [0.5, 0.6) is 0 Å². The van der Waals surface area contributed by atoms with Gasteiger partial charge in [-0.1, -0.05) is 0 Å². The minimum Gasteiger partial charge on any atom is -0.493 e. The van der Waals surface area contributed by atoms with Crippen LogP contribution in [0.1, 0.15) is 19.8 Å². The van der Waals surface area contributed by atoms with Gasteiger partial charge in [-0.25, -0.2) is 0 Å². The van der Waals surface area contributed by atoms with E-state index in [1.807, 2.05) is 0 Å². The molecule has 0 aromatic heterocycles. The molecule has 5 N–H and O–H groups in total. The van der Waals surface area contributed by atoms with Crippen LogP contribution in [0.25, 0.3) is 0 Å². The Morgan fingerprint density at radius 1 is 1.48 bits per heavy atom. The number of hydrogen-bond acceptors (Lipinski definition) is 7. The van der Waals surface area contributed by atoms with E-state index in [-0.39, 0.29) is 26.0 Å². The van der Waals surface area contributed by atoms with Gasteiger partial charge in [0.25, 0.3) is 0 Å². The largest absolute Gasteiger partial charge is 0.493 e. The molecular weight excluding hydrogens is 280 g/mol. The van der Waals surface area contributed by atoms with Gasteiger partial charge in [0.05, 0.1) is 43.4 Å². The zero-order valence-corrected chi connectivity index (χ0v) is 12.2. The van der Waals surface area contributed by atoms with Gasteiger partial charge < -0.3 is 30.5 Å². The zero-order chi connectivity index (χ0) is 16.0. The highest BCUT2D eigenvalue weighted by Crippen LogP contribution is 2.30. The number of aliphatic hydroxyl groups is 3. The number of rotatable bonds is 7. The Labute approximate surface area is 122 Å². The van der Waals surface area contributed by atoms with Gasteiger partial charge in [-0.3, -0.25) is 9.79 Å². The number of aliphatic carboxylic acids is 1. The van der Waals surface area contributed by atoms with E-state index in [0.29, 0.717) is 17.2 Å². The SMILES string of the molecule is COC1=C(NCC(=O)O)CC(O)(CO)C/C1=N\C(C)CO. The average Bonchev–Trinajstić information content (AvgIpc) is 2.44. The van der Waals surface area contributed by atoms with Crippen LogP contribution in [-0.4, -0.2) is 70.6 Å². The van der Waals surface area contributed by atoms with Crippen LogP contribution in [-0.2, 0) is 9.53 Å². The number of nitrogens with zero attached hydrogens (tertiary/aromatic N) is 1. The first-order valence-corrected chi connectivity index (χ1v) is 6.59. The fraction of sp³-hybridized carbons (Fsp3) is 0.692. The van der Waals surface area contributed by atoms with Crippen LogP contribution in [0.15, 0.2) is 16.4 Å². The maximum Gasteiger partial charge on any atom is 0.322 e. The van der Waals surface area contributed by atoms with Gasteiger partial charge in [-0.2, -0.15) is 0 Å². The van der Waals surface area contributed by atoms with Gasteiger partial charge in [-0.05, 0) is 6.92 Å². The van der Waals surface area contributed by atoms with E-state index in [9.17, 15) is 15.0 Å². The number of ether oxygens (including phenoxy) is 1. The minimum absolute atomic E-state index is 0.0342. The van der Waals surface area contributed by atoms with Gasteiger partial charge in [0, 0.05) is 12.8 Å². The number of aliphatic imine (C=N–C) groups is 1. The Kier molecular flexibility index (Phi) is 6.13. The third-order valence-corrected chi connectivity index (χ3v) is 3.13. The molecule has 2 atom stereocenters. The maximum absolute atomic E-state index is 10.7. The van der Waals surface area contributed by atoms with Crippen molar-refractivity contribution in [1.29, 1.82) is 0 Å². The third-order valence-electron chi connectivity index (χ3n) is 3.13. The molecule has 0 aromatic rings. The van der Waals surface area contributed by atoms with E-state index < -0.39 is 24.2 Å². The number of carboxylic acid groups (broad SMARTS) is 1. The van der Waals surface area contributed by atoms with E-state index in [1.165, 1.54) is 7.11 Å². The smallest absolute Gasteiger partial charge is 0.322 e. The maximum atomic E-state index is 10.7. The van der Waals surface area contributed by atoms with Crippen molar-refractivity contribution < 1.29 is 30.0 Å². The fourth-order valence-corrected chi connectivity index (χ4v) is 2.13. The number of nitrogens with one attached hydrogen (secondary N) is 1. The predicted molar refractivity (Wildman–Crippen MR) is 74.9 cm³/mol. The van der Waals surface area contributed by atoms with Gasteiger partial charge in [0.1, 0.15) is 6.54 Å². The molecule has 2 unspecified atom stereocenters. The van der Waals surface area contributed by atoms with Crippen molar-refractivity contribution in [3.05, 3.63) is 11.5 Å². The first-order valence-electron chi connectivity index (χ1n) is 6.59. The molecule has 120 valence electrons. The first-order chi connectivity index (χ1) is 9.85. The summed E-state index contributed by atoms with van der Waals surface area (Å²) in [6.45, 7) is 0.689. The molecule has 8 nitrogen and oxygen atoms in total. The molecule has 1 aliphatic carbocycles. The molecule has 1 aliphatic rings. The van der Waals surface area contributed by atoms with Crippen LogP contribution < -0.4 is 5.32 Å². The van der Waals surface area contributed by atoms with Crippen molar-refractivity contribution in [2.24, 2.45) is 4.99 Å². The molecule has 0 bridgehead atoms. The number of carboxylic acids is 1. The standard InChI is InChI=1S/C13H22N2O6/c1-8(6-16)15-10-4-13(20,7-17)3-9(12(10)21-2)14-5-11(18)19/h8,14,16-17,20H,3-7H2,1-2H3,(H,18,19)/b15-10+. The summed E-state index contributed by atoms with van der Waals surface area (Å²) in [5, 5.41) is 40.2. The number of methoxy groups -OCH3 is 1. The third kappa shape index (κ3) is 4.69. The van der Waals surface area contributed by atoms with Crippen LogP contribution in [0, 0.1) is 0 Å². The van der Waals surface area contributed by atoms with Crippen molar-refractivity contribution in [3.8, 4) is 0 Å². The Balaban J connectivity index is 3.16. The number of aliphatic hydroxyl groups excluding tert-OH is 2. The second-order valence-electron chi connectivity index (χ2n) is 5.10. The Morgan fingerprint density at radius 3 is 2.62 bits per heavy atom.